The Kier molecular flexibility index (Phi) is 6.25. The van der Waals surface area contributed by atoms with Crippen molar-refractivity contribution in [2.75, 3.05) is 50.0 Å². The lowest BCUT2D eigenvalue weighted by Gasteiger charge is -2.41. The molecule has 2 heterocycles. The van der Waals surface area contributed by atoms with Gasteiger partial charge in [0.05, 0.1) is 28.9 Å². The van der Waals surface area contributed by atoms with E-state index in [1.165, 1.54) is 0 Å². The van der Waals surface area contributed by atoms with Crippen LogP contribution in [0.3, 0.4) is 0 Å². The Morgan fingerprint density at radius 2 is 1.82 bits per heavy atom. The van der Waals surface area contributed by atoms with Gasteiger partial charge < -0.3 is 20.0 Å². The van der Waals surface area contributed by atoms with Crippen LogP contribution in [0.1, 0.15) is 53.2 Å². The van der Waals surface area contributed by atoms with Crippen LogP contribution in [0, 0.1) is 17.2 Å². The first kappa shape index (κ1) is 22.4. The van der Waals surface area contributed by atoms with E-state index in [-0.39, 0.29) is 23.8 Å². The molecule has 1 atom stereocenters. The molecule has 5 rings (SSSR count). The van der Waals surface area contributed by atoms with E-state index >= 15 is 0 Å². The van der Waals surface area contributed by atoms with Crippen molar-refractivity contribution in [3.8, 4) is 6.07 Å². The van der Waals surface area contributed by atoms with Gasteiger partial charge in [-0.05, 0) is 68.6 Å². The Bertz CT molecular complexity index is 1130. The average molecular weight is 458 g/mol. The first-order valence-corrected chi connectivity index (χ1v) is 12.2. The molecule has 1 aliphatic carbocycles. The quantitative estimate of drug-likeness (QED) is 0.742. The fourth-order valence-electron chi connectivity index (χ4n) is 5.02. The number of piperazine rings is 1. The zero-order chi connectivity index (χ0) is 23.7. The van der Waals surface area contributed by atoms with E-state index in [1.807, 2.05) is 41.3 Å². The molecule has 1 saturated carbocycles. The molecular formula is C27H31N5O2. The highest BCUT2D eigenvalue weighted by molar-refractivity contribution is 6.02. The predicted molar refractivity (Wildman–Crippen MR) is 132 cm³/mol. The van der Waals surface area contributed by atoms with Crippen molar-refractivity contribution < 1.29 is 9.59 Å². The maximum absolute atomic E-state index is 14.0. The van der Waals surface area contributed by atoms with E-state index in [1.54, 1.807) is 6.07 Å². The molecule has 2 amide bonds. The zero-order valence-electron chi connectivity index (χ0n) is 19.7. The van der Waals surface area contributed by atoms with E-state index in [2.05, 4.69) is 28.2 Å². The summed E-state index contributed by atoms with van der Waals surface area (Å²) in [6.07, 6.45) is 4.12. The molecular weight excluding hydrogens is 426 g/mol. The number of benzene rings is 2. The van der Waals surface area contributed by atoms with Crippen LogP contribution in [-0.2, 0) is 4.79 Å². The van der Waals surface area contributed by atoms with E-state index in [4.69, 9.17) is 0 Å². The topological polar surface area (TPSA) is 79.7 Å². The maximum atomic E-state index is 14.0. The molecule has 1 N–H and O–H groups in total. The van der Waals surface area contributed by atoms with Crippen molar-refractivity contribution in [1.82, 2.24) is 9.80 Å². The standard InChI is InChI=1S/C27H31N5O2/c1-30-13-14-32(25(18-30)21-6-4-5-19(15-21)17-28)27(34)23-10-9-22(29-26(33)20-7-8-20)16-24(23)31-11-2-3-12-31/h4-6,9-10,15-16,20,25H,2-3,7-8,11-14,18H2,1H3,(H,29,33)/t25-/m1/s1. The van der Waals surface area contributed by atoms with E-state index in [0.717, 1.165) is 68.8 Å². The number of nitrogens with zero attached hydrogens (tertiary/aromatic N) is 4. The van der Waals surface area contributed by atoms with Gasteiger partial charge >= 0.3 is 0 Å². The summed E-state index contributed by atoms with van der Waals surface area (Å²) in [5.74, 6) is 0.206. The third-order valence-electron chi connectivity index (χ3n) is 7.14. The van der Waals surface area contributed by atoms with Gasteiger partial charge in [0, 0.05) is 44.3 Å². The third-order valence-corrected chi connectivity index (χ3v) is 7.14. The van der Waals surface area contributed by atoms with Gasteiger partial charge in [0.15, 0.2) is 0 Å². The van der Waals surface area contributed by atoms with Gasteiger partial charge in [0.2, 0.25) is 5.91 Å². The molecule has 7 nitrogen and oxygen atoms in total. The number of nitrogens with one attached hydrogen (secondary N) is 1. The van der Waals surface area contributed by atoms with Gasteiger partial charge in [-0.15, -0.1) is 0 Å². The van der Waals surface area contributed by atoms with E-state index in [0.29, 0.717) is 17.7 Å². The molecule has 0 aromatic heterocycles. The summed E-state index contributed by atoms with van der Waals surface area (Å²) in [6, 6.07) is 15.4. The van der Waals surface area contributed by atoms with Crippen molar-refractivity contribution in [1.29, 1.82) is 5.26 Å². The molecule has 0 bridgehead atoms. The molecule has 3 fully saturated rings. The molecule has 2 aliphatic heterocycles. The number of amides is 2. The number of anilines is 2. The second-order valence-electron chi connectivity index (χ2n) is 9.70. The molecule has 7 heteroatoms. The fourth-order valence-corrected chi connectivity index (χ4v) is 5.02. The molecule has 0 unspecified atom stereocenters. The summed E-state index contributed by atoms with van der Waals surface area (Å²) in [5.41, 5.74) is 3.92. The summed E-state index contributed by atoms with van der Waals surface area (Å²) < 4.78 is 0. The lowest BCUT2D eigenvalue weighted by molar-refractivity contribution is -0.117. The number of carbonyl (C=O) groups excluding carboxylic acids is 2. The summed E-state index contributed by atoms with van der Waals surface area (Å²) in [6.45, 7) is 3.97. The molecule has 2 saturated heterocycles. The number of nitriles is 1. The van der Waals surface area contributed by atoms with Crippen LogP contribution < -0.4 is 10.2 Å². The highest BCUT2D eigenvalue weighted by Gasteiger charge is 2.34. The van der Waals surface area contributed by atoms with Gasteiger partial charge in [-0.2, -0.15) is 5.26 Å². The van der Waals surface area contributed by atoms with Gasteiger partial charge in [-0.25, -0.2) is 0 Å². The minimum atomic E-state index is -0.125. The summed E-state index contributed by atoms with van der Waals surface area (Å²) in [7, 11) is 2.07. The number of hydrogen-bond donors (Lipinski definition) is 1. The van der Waals surface area contributed by atoms with E-state index < -0.39 is 0 Å². The lowest BCUT2D eigenvalue weighted by atomic mass is 9.99. The van der Waals surface area contributed by atoms with Gasteiger partial charge in [-0.3, -0.25) is 9.59 Å². The van der Waals surface area contributed by atoms with Gasteiger partial charge in [0.1, 0.15) is 0 Å². The fraction of sp³-hybridized carbons (Fsp3) is 0.444. The monoisotopic (exact) mass is 457 g/mol. The van der Waals surface area contributed by atoms with Gasteiger partial charge in [-0.1, -0.05) is 12.1 Å². The molecule has 2 aromatic rings. The van der Waals surface area contributed by atoms with Crippen molar-refractivity contribution in [2.45, 2.75) is 31.7 Å². The molecule has 0 spiro atoms. The Hall–Kier alpha value is -3.37. The maximum Gasteiger partial charge on any atom is 0.256 e. The van der Waals surface area contributed by atoms with Crippen molar-refractivity contribution in [3.05, 3.63) is 59.2 Å². The normalized spacial score (nSPS) is 20.8. The number of rotatable bonds is 5. The van der Waals surface area contributed by atoms with Crippen molar-refractivity contribution in [2.24, 2.45) is 5.92 Å². The molecule has 176 valence electrons. The third kappa shape index (κ3) is 4.64. The molecule has 3 aliphatic rings. The number of hydrogen-bond acceptors (Lipinski definition) is 5. The summed E-state index contributed by atoms with van der Waals surface area (Å²) in [4.78, 5) is 32.8. The van der Waals surface area contributed by atoms with Crippen molar-refractivity contribution in [3.63, 3.8) is 0 Å². The predicted octanol–water partition coefficient (Wildman–Crippen LogP) is 3.64. The van der Waals surface area contributed by atoms with Crippen LogP contribution >= 0.6 is 0 Å². The highest BCUT2D eigenvalue weighted by atomic mass is 16.2. The Balaban J connectivity index is 1.47. The first-order chi connectivity index (χ1) is 16.5. The minimum Gasteiger partial charge on any atom is -0.371 e. The second kappa shape index (κ2) is 9.47. The summed E-state index contributed by atoms with van der Waals surface area (Å²) in [5, 5.41) is 12.4. The first-order valence-electron chi connectivity index (χ1n) is 12.2. The molecule has 2 aromatic carbocycles. The van der Waals surface area contributed by atoms with Gasteiger partial charge in [0.25, 0.3) is 5.91 Å². The molecule has 34 heavy (non-hydrogen) atoms. The largest absolute Gasteiger partial charge is 0.371 e. The SMILES string of the molecule is CN1CCN(C(=O)c2ccc(NC(=O)C3CC3)cc2N2CCCC2)[C@@H](c2cccc(C#N)c2)C1. The van der Waals surface area contributed by atoms with Crippen LogP contribution in [0.5, 0.6) is 0 Å². The number of likely N-dealkylation sites (N-methyl/N-ethyl adjacent to an activating group) is 1. The average Bonchev–Trinajstić information content (AvgIpc) is 3.58. The highest BCUT2D eigenvalue weighted by Crippen LogP contribution is 2.34. The van der Waals surface area contributed by atoms with Crippen molar-refractivity contribution >= 4 is 23.2 Å². The van der Waals surface area contributed by atoms with Crippen LogP contribution in [0.25, 0.3) is 0 Å². The smallest absolute Gasteiger partial charge is 0.256 e. The Morgan fingerprint density at radius 3 is 2.56 bits per heavy atom. The summed E-state index contributed by atoms with van der Waals surface area (Å²) >= 11 is 0. The van der Waals surface area contributed by atoms with Crippen LogP contribution in [0.2, 0.25) is 0 Å². The second-order valence-corrected chi connectivity index (χ2v) is 9.70. The Labute approximate surface area is 200 Å². The van der Waals surface area contributed by atoms with E-state index in [9.17, 15) is 14.9 Å². The molecule has 0 radical (unpaired) electrons. The Morgan fingerprint density at radius 1 is 1.03 bits per heavy atom. The zero-order valence-corrected chi connectivity index (χ0v) is 19.7. The van der Waals surface area contributed by atoms with Crippen LogP contribution in [0.4, 0.5) is 11.4 Å². The minimum absolute atomic E-state index is 0.00225. The number of carbonyl (C=O) groups is 2. The van der Waals surface area contributed by atoms with Crippen LogP contribution in [-0.4, -0.2) is 61.4 Å². The van der Waals surface area contributed by atoms with Crippen LogP contribution in [0.15, 0.2) is 42.5 Å². The lowest BCUT2D eigenvalue weighted by Crippen LogP contribution is -2.49.